The van der Waals surface area contributed by atoms with Crippen LogP contribution in [0.2, 0.25) is 0 Å². The van der Waals surface area contributed by atoms with Gasteiger partial charge in [0, 0.05) is 18.4 Å². The molecule has 0 saturated carbocycles. The van der Waals surface area contributed by atoms with Crippen molar-refractivity contribution in [2.45, 2.75) is 40.2 Å². The van der Waals surface area contributed by atoms with Crippen LogP contribution in [0.15, 0.2) is 24.3 Å². The topological polar surface area (TPSA) is 27.1 Å². The van der Waals surface area contributed by atoms with Gasteiger partial charge in [-0.25, -0.2) is 0 Å². The van der Waals surface area contributed by atoms with Gasteiger partial charge in [-0.2, -0.15) is 5.10 Å². The zero-order chi connectivity index (χ0) is 14.7. The quantitative estimate of drug-likeness (QED) is 0.824. The van der Waals surface area contributed by atoms with Crippen molar-refractivity contribution >= 4 is 0 Å². The van der Waals surface area contributed by atoms with Gasteiger partial charge >= 0.3 is 0 Å². The molecule has 0 unspecified atom stereocenters. The first-order chi connectivity index (χ1) is 9.54. The van der Waals surface area contributed by atoms with Crippen molar-refractivity contribution < 1.29 is 4.74 Å². The molecule has 0 fully saturated rings. The molecule has 0 N–H and O–H groups in total. The third kappa shape index (κ3) is 2.93. The number of benzene rings is 1. The number of ether oxygens (including phenoxy) is 1. The predicted octanol–water partition coefficient (Wildman–Crippen LogP) is 3.94. The Hall–Kier alpha value is -1.61. The average Bonchev–Trinajstić information content (AvgIpc) is 2.71. The van der Waals surface area contributed by atoms with Crippen molar-refractivity contribution in [3.8, 4) is 11.1 Å². The monoisotopic (exact) mass is 272 g/mol. The largest absolute Gasteiger partial charge is 0.383 e. The van der Waals surface area contributed by atoms with Crippen LogP contribution in [-0.2, 0) is 11.3 Å². The molecule has 0 amide bonds. The molecule has 3 heteroatoms. The number of aryl methyl sites for hydroxylation is 1. The SMILES string of the molecule is COCCn1nc(C)c(-c2cccc(C(C)C)c2)c1C. The summed E-state index contributed by atoms with van der Waals surface area (Å²) in [5.41, 5.74) is 6.17. The van der Waals surface area contributed by atoms with Gasteiger partial charge < -0.3 is 4.74 Å². The van der Waals surface area contributed by atoms with Gasteiger partial charge in [-0.15, -0.1) is 0 Å². The van der Waals surface area contributed by atoms with Crippen LogP contribution in [0.4, 0.5) is 0 Å². The number of hydrogen-bond donors (Lipinski definition) is 0. The van der Waals surface area contributed by atoms with E-state index in [1.54, 1.807) is 7.11 Å². The fraction of sp³-hybridized carbons (Fsp3) is 0.471. The highest BCUT2D eigenvalue weighted by Gasteiger charge is 2.14. The van der Waals surface area contributed by atoms with Crippen LogP contribution in [0.1, 0.15) is 36.7 Å². The van der Waals surface area contributed by atoms with Crippen molar-refractivity contribution in [1.82, 2.24) is 9.78 Å². The summed E-state index contributed by atoms with van der Waals surface area (Å²) in [5, 5.41) is 4.64. The zero-order valence-corrected chi connectivity index (χ0v) is 13.1. The van der Waals surface area contributed by atoms with Crippen molar-refractivity contribution in [2.24, 2.45) is 0 Å². The molecule has 2 rings (SSSR count). The lowest BCUT2D eigenvalue weighted by molar-refractivity contribution is 0.182. The van der Waals surface area contributed by atoms with Crippen LogP contribution >= 0.6 is 0 Å². The van der Waals surface area contributed by atoms with E-state index in [-0.39, 0.29) is 0 Å². The Labute approximate surface area is 121 Å². The van der Waals surface area contributed by atoms with E-state index >= 15 is 0 Å². The third-order valence-electron chi connectivity index (χ3n) is 3.73. The molecule has 0 aliphatic rings. The molecule has 1 aromatic carbocycles. The van der Waals surface area contributed by atoms with Gasteiger partial charge in [0.1, 0.15) is 0 Å². The molecule has 2 aromatic rings. The van der Waals surface area contributed by atoms with E-state index < -0.39 is 0 Å². The maximum absolute atomic E-state index is 5.15. The lowest BCUT2D eigenvalue weighted by Gasteiger charge is -2.09. The fourth-order valence-electron chi connectivity index (χ4n) is 2.56. The van der Waals surface area contributed by atoms with Gasteiger partial charge in [-0.3, -0.25) is 4.68 Å². The molecule has 0 radical (unpaired) electrons. The van der Waals surface area contributed by atoms with Gasteiger partial charge in [0.05, 0.1) is 18.8 Å². The van der Waals surface area contributed by atoms with Gasteiger partial charge in [0.25, 0.3) is 0 Å². The second-order valence-electron chi connectivity index (χ2n) is 5.54. The Kier molecular flexibility index (Phi) is 4.61. The van der Waals surface area contributed by atoms with E-state index in [1.807, 2.05) is 4.68 Å². The number of methoxy groups -OCH3 is 1. The number of nitrogens with zero attached hydrogens (tertiary/aromatic N) is 2. The number of hydrogen-bond acceptors (Lipinski definition) is 2. The Morgan fingerprint density at radius 3 is 2.65 bits per heavy atom. The van der Waals surface area contributed by atoms with Crippen molar-refractivity contribution in [3.05, 3.63) is 41.2 Å². The Morgan fingerprint density at radius 1 is 1.25 bits per heavy atom. The molecule has 0 aliphatic carbocycles. The first kappa shape index (κ1) is 14.8. The smallest absolute Gasteiger partial charge is 0.0674 e. The van der Waals surface area contributed by atoms with Crippen LogP contribution in [-0.4, -0.2) is 23.5 Å². The summed E-state index contributed by atoms with van der Waals surface area (Å²) in [4.78, 5) is 0. The van der Waals surface area contributed by atoms with Crippen LogP contribution in [0.25, 0.3) is 11.1 Å². The van der Waals surface area contributed by atoms with Crippen molar-refractivity contribution in [2.75, 3.05) is 13.7 Å². The molecular formula is C17H24N2O. The van der Waals surface area contributed by atoms with E-state index in [0.29, 0.717) is 12.5 Å². The van der Waals surface area contributed by atoms with E-state index in [9.17, 15) is 0 Å². The molecule has 1 aromatic heterocycles. The predicted molar refractivity (Wildman–Crippen MR) is 83.1 cm³/mol. The molecule has 0 bridgehead atoms. The first-order valence-corrected chi connectivity index (χ1v) is 7.18. The van der Waals surface area contributed by atoms with Gasteiger partial charge in [-0.05, 0) is 30.9 Å². The Morgan fingerprint density at radius 2 is 2.00 bits per heavy atom. The molecule has 0 spiro atoms. The summed E-state index contributed by atoms with van der Waals surface area (Å²) in [5.74, 6) is 0.541. The minimum atomic E-state index is 0.541. The maximum atomic E-state index is 5.15. The van der Waals surface area contributed by atoms with Crippen LogP contribution < -0.4 is 0 Å². The molecule has 20 heavy (non-hydrogen) atoms. The minimum absolute atomic E-state index is 0.541. The third-order valence-corrected chi connectivity index (χ3v) is 3.73. The van der Waals surface area contributed by atoms with Crippen LogP contribution in [0, 0.1) is 13.8 Å². The molecule has 0 saturated heterocycles. The number of rotatable bonds is 5. The zero-order valence-electron chi connectivity index (χ0n) is 13.1. The van der Waals surface area contributed by atoms with Crippen LogP contribution in [0.3, 0.4) is 0 Å². The lowest BCUT2D eigenvalue weighted by Crippen LogP contribution is -2.07. The second-order valence-corrected chi connectivity index (χ2v) is 5.54. The summed E-state index contributed by atoms with van der Waals surface area (Å²) in [6, 6.07) is 8.77. The molecule has 1 heterocycles. The van der Waals surface area contributed by atoms with Gasteiger partial charge in [0.15, 0.2) is 0 Å². The Bertz CT molecular complexity index is 585. The van der Waals surface area contributed by atoms with E-state index in [4.69, 9.17) is 4.74 Å². The molecule has 3 nitrogen and oxygen atoms in total. The normalized spacial score (nSPS) is 11.3. The lowest BCUT2D eigenvalue weighted by atomic mass is 9.96. The summed E-state index contributed by atoms with van der Waals surface area (Å²) >= 11 is 0. The Balaban J connectivity index is 2.42. The van der Waals surface area contributed by atoms with Gasteiger partial charge in [-0.1, -0.05) is 38.1 Å². The van der Waals surface area contributed by atoms with E-state index in [1.165, 1.54) is 22.4 Å². The van der Waals surface area contributed by atoms with Crippen LogP contribution in [0.5, 0.6) is 0 Å². The molecular weight excluding hydrogens is 248 g/mol. The minimum Gasteiger partial charge on any atom is -0.383 e. The number of aromatic nitrogens is 2. The fourth-order valence-corrected chi connectivity index (χ4v) is 2.56. The van der Waals surface area contributed by atoms with E-state index in [0.717, 1.165) is 12.2 Å². The first-order valence-electron chi connectivity index (χ1n) is 7.18. The maximum Gasteiger partial charge on any atom is 0.0674 e. The summed E-state index contributed by atoms with van der Waals surface area (Å²) in [7, 11) is 1.72. The molecule has 108 valence electrons. The standard InChI is InChI=1S/C17H24N2O/c1-12(2)15-7-6-8-16(11-15)17-13(3)18-19(14(17)4)9-10-20-5/h6-8,11-12H,9-10H2,1-5H3. The summed E-state index contributed by atoms with van der Waals surface area (Å²) in [6.07, 6.45) is 0. The molecule has 0 atom stereocenters. The highest BCUT2D eigenvalue weighted by atomic mass is 16.5. The van der Waals surface area contributed by atoms with Crippen molar-refractivity contribution in [3.63, 3.8) is 0 Å². The summed E-state index contributed by atoms with van der Waals surface area (Å²) in [6.45, 7) is 10.1. The highest BCUT2D eigenvalue weighted by molar-refractivity contribution is 5.69. The summed E-state index contributed by atoms with van der Waals surface area (Å²) < 4.78 is 7.18. The molecule has 0 aliphatic heterocycles. The van der Waals surface area contributed by atoms with Gasteiger partial charge in [0.2, 0.25) is 0 Å². The van der Waals surface area contributed by atoms with Crippen molar-refractivity contribution in [1.29, 1.82) is 0 Å². The van der Waals surface area contributed by atoms with E-state index in [2.05, 4.69) is 57.1 Å². The second kappa shape index (κ2) is 6.23. The average molecular weight is 272 g/mol. The highest BCUT2D eigenvalue weighted by Crippen LogP contribution is 2.29.